The summed E-state index contributed by atoms with van der Waals surface area (Å²) in [5, 5.41) is 17.1. The van der Waals surface area contributed by atoms with E-state index >= 15 is 0 Å². The van der Waals surface area contributed by atoms with E-state index in [-0.39, 0.29) is 23.2 Å². The van der Waals surface area contributed by atoms with Crippen molar-refractivity contribution in [2.24, 2.45) is 5.92 Å². The molecule has 10 nitrogen and oxygen atoms in total. The monoisotopic (exact) mass is 449 g/mol. The molecular weight excluding hydrogens is 430 g/mol. The number of hydrogen-bond acceptors (Lipinski definition) is 7. The standard InChI is InChI=1S/C21H20ClN9O/c1-12(27-20(32)17-18(24)28-31-5-2-4-26-19(17)31)14-7-15(22)16-9-25-11-30(16)21(14)29-6-3-13(8-23)10-29/h2,4-5,7,9,11-13H,3,6,10H2,1H3,(H2,24,28)(H,27,32)/t12-,13?/m0/s1. The summed E-state index contributed by atoms with van der Waals surface area (Å²) in [6.45, 7) is 3.21. The number of amides is 1. The molecule has 0 aromatic carbocycles. The van der Waals surface area contributed by atoms with Gasteiger partial charge in [0.2, 0.25) is 0 Å². The highest BCUT2D eigenvalue weighted by atomic mass is 35.5. The van der Waals surface area contributed by atoms with Crippen molar-refractivity contribution in [3.05, 3.63) is 53.2 Å². The van der Waals surface area contributed by atoms with Gasteiger partial charge in [-0.25, -0.2) is 14.5 Å². The van der Waals surface area contributed by atoms with E-state index in [1.165, 1.54) is 4.52 Å². The van der Waals surface area contributed by atoms with Gasteiger partial charge in [0.1, 0.15) is 17.7 Å². The van der Waals surface area contributed by atoms with Gasteiger partial charge in [-0.3, -0.25) is 9.20 Å². The first kappa shape index (κ1) is 20.1. The number of fused-ring (bicyclic) bond motifs is 2. The summed E-state index contributed by atoms with van der Waals surface area (Å²) in [6.07, 6.45) is 7.44. The molecular formula is C21H20ClN9O. The minimum atomic E-state index is -0.416. The zero-order valence-electron chi connectivity index (χ0n) is 17.2. The van der Waals surface area contributed by atoms with Gasteiger partial charge in [-0.2, -0.15) is 5.26 Å². The van der Waals surface area contributed by atoms with Crippen molar-refractivity contribution in [2.75, 3.05) is 23.7 Å². The molecule has 0 aliphatic carbocycles. The summed E-state index contributed by atoms with van der Waals surface area (Å²) in [5.41, 5.74) is 8.19. The number of carbonyl (C=O) groups is 1. The molecule has 32 heavy (non-hydrogen) atoms. The van der Waals surface area contributed by atoms with Crippen molar-refractivity contribution < 1.29 is 4.79 Å². The third-order valence-electron chi connectivity index (χ3n) is 5.79. The number of nitrogens with two attached hydrogens (primary N) is 1. The molecule has 4 aromatic heterocycles. The van der Waals surface area contributed by atoms with Gasteiger partial charge in [-0.15, -0.1) is 5.10 Å². The topological polar surface area (TPSA) is 130 Å². The summed E-state index contributed by atoms with van der Waals surface area (Å²) < 4.78 is 3.38. The number of anilines is 2. The second-order valence-electron chi connectivity index (χ2n) is 7.82. The van der Waals surface area contributed by atoms with E-state index in [9.17, 15) is 10.1 Å². The van der Waals surface area contributed by atoms with Crippen LogP contribution in [0.4, 0.5) is 11.6 Å². The maximum absolute atomic E-state index is 13.2. The Morgan fingerprint density at radius 2 is 2.31 bits per heavy atom. The highest BCUT2D eigenvalue weighted by Gasteiger charge is 2.29. The summed E-state index contributed by atoms with van der Waals surface area (Å²) in [7, 11) is 0. The largest absolute Gasteiger partial charge is 0.381 e. The molecule has 5 heterocycles. The third-order valence-corrected chi connectivity index (χ3v) is 6.09. The lowest BCUT2D eigenvalue weighted by Crippen LogP contribution is -2.30. The summed E-state index contributed by atoms with van der Waals surface area (Å²) in [5.74, 6) is 0.533. The second kappa shape index (κ2) is 7.69. The average molecular weight is 450 g/mol. The lowest BCUT2D eigenvalue weighted by atomic mass is 10.1. The van der Waals surface area contributed by atoms with Crippen LogP contribution >= 0.6 is 11.6 Å². The van der Waals surface area contributed by atoms with Crippen LogP contribution < -0.4 is 16.0 Å². The van der Waals surface area contributed by atoms with Crippen molar-refractivity contribution >= 4 is 40.3 Å². The summed E-state index contributed by atoms with van der Waals surface area (Å²) in [4.78, 5) is 23.8. The minimum absolute atomic E-state index is 0.0494. The predicted octanol–water partition coefficient (Wildman–Crippen LogP) is 2.45. The van der Waals surface area contributed by atoms with Gasteiger partial charge in [0.15, 0.2) is 11.5 Å². The highest BCUT2D eigenvalue weighted by molar-refractivity contribution is 6.34. The van der Waals surface area contributed by atoms with Crippen LogP contribution in [-0.2, 0) is 0 Å². The summed E-state index contributed by atoms with van der Waals surface area (Å²) in [6, 6.07) is 5.49. The van der Waals surface area contributed by atoms with Gasteiger partial charge in [0, 0.05) is 31.0 Å². The maximum Gasteiger partial charge on any atom is 0.259 e. The van der Waals surface area contributed by atoms with E-state index in [4.69, 9.17) is 17.3 Å². The van der Waals surface area contributed by atoms with Gasteiger partial charge in [0.05, 0.1) is 34.8 Å². The fourth-order valence-electron chi connectivity index (χ4n) is 4.23. The number of imidazole rings is 1. The number of carbonyl (C=O) groups excluding carboxylic acids is 1. The van der Waals surface area contributed by atoms with Crippen LogP contribution in [0, 0.1) is 17.2 Å². The number of halogens is 1. The average Bonchev–Trinajstić information content (AvgIpc) is 3.51. The quantitative estimate of drug-likeness (QED) is 0.489. The SMILES string of the molecule is C[C@H](NC(=O)c1c(N)nn2cccnc12)c1cc(Cl)c2cncn2c1N1CCC(C#N)C1. The second-order valence-corrected chi connectivity index (χ2v) is 8.23. The van der Waals surface area contributed by atoms with E-state index in [2.05, 4.69) is 31.4 Å². The number of rotatable bonds is 4. The maximum atomic E-state index is 13.2. The van der Waals surface area contributed by atoms with E-state index in [1.54, 1.807) is 31.0 Å². The predicted molar refractivity (Wildman–Crippen MR) is 119 cm³/mol. The Hall–Kier alpha value is -3.84. The zero-order chi connectivity index (χ0) is 22.4. The number of aromatic nitrogens is 5. The van der Waals surface area contributed by atoms with Gasteiger partial charge >= 0.3 is 0 Å². The molecule has 0 saturated carbocycles. The Bertz CT molecular complexity index is 1390. The first-order valence-electron chi connectivity index (χ1n) is 10.2. The Labute approximate surface area is 188 Å². The minimum Gasteiger partial charge on any atom is -0.381 e. The Balaban J connectivity index is 1.54. The molecule has 3 N–H and O–H groups in total. The Kier molecular flexibility index (Phi) is 4.83. The van der Waals surface area contributed by atoms with Crippen LogP contribution in [0.25, 0.3) is 11.2 Å². The fraction of sp³-hybridized carbons (Fsp3) is 0.286. The lowest BCUT2D eigenvalue weighted by molar-refractivity contribution is 0.0942. The molecule has 11 heteroatoms. The summed E-state index contributed by atoms with van der Waals surface area (Å²) >= 11 is 6.53. The van der Waals surface area contributed by atoms with Gasteiger partial charge in [-0.1, -0.05) is 11.6 Å². The van der Waals surface area contributed by atoms with Crippen LogP contribution in [0.2, 0.25) is 5.02 Å². The Morgan fingerprint density at radius 3 is 3.09 bits per heavy atom. The number of nitrogen functional groups attached to an aromatic ring is 1. The number of nitrogens with zero attached hydrogens (tertiary/aromatic N) is 7. The van der Waals surface area contributed by atoms with E-state index in [0.717, 1.165) is 29.9 Å². The number of pyridine rings is 1. The number of nitrogens with one attached hydrogen (secondary N) is 1. The van der Waals surface area contributed by atoms with Crippen molar-refractivity contribution in [2.45, 2.75) is 19.4 Å². The van der Waals surface area contributed by atoms with E-state index in [0.29, 0.717) is 17.2 Å². The van der Waals surface area contributed by atoms with Crippen LogP contribution in [0.15, 0.2) is 37.1 Å². The molecule has 1 aliphatic heterocycles. The first-order valence-corrected chi connectivity index (χ1v) is 10.5. The molecule has 162 valence electrons. The van der Waals surface area contributed by atoms with Crippen molar-refractivity contribution in [3.63, 3.8) is 0 Å². The van der Waals surface area contributed by atoms with Crippen molar-refractivity contribution in [3.8, 4) is 6.07 Å². The van der Waals surface area contributed by atoms with Crippen LogP contribution in [0.3, 0.4) is 0 Å². The zero-order valence-corrected chi connectivity index (χ0v) is 18.0. The van der Waals surface area contributed by atoms with Crippen molar-refractivity contribution in [1.29, 1.82) is 5.26 Å². The highest BCUT2D eigenvalue weighted by Crippen LogP contribution is 2.35. The van der Waals surface area contributed by atoms with Crippen molar-refractivity contribution in [1.82, 2.24) is 29.3 Å². The van der Waals surface area contributed by atoms with Crippen LogP contribution in [-0.4, -0.2) is 43.0 Å². The third kappa shape index (κ3) is 3.18. The molecule has 2 atom stereocenters. The number of hydrogen-bond donors (Lipinski definition) is 2. The number of nitriles is 1. The van der Waals surface area contributed by atoms with Gasteiger partial charge in [-0.05, 0) is 25.5 Å². The van der Waals surface area contributed by atoms with Gasteiger partial charge in [0.25, 0.3) is 5.91 Å². The molecule has 5 rings (SSSR count). The van der Waals surface area contributed by atoms with E-state index in [1.807, 2.05) is 17.4 Å². The molecule has 1 aliphatic rings. The normalized spacial score (nSPS) is 17.0. The lowest BCUT2D eigenvalue weighted by Gasteiger charge is -2.26. The molecule has 4 aromatic rings. The molecule has 0 bridgehead atoms. The molecule has 0 radical (unpaired) electrons. The van der Waals surface area contributed by atoms with Crippen LogP contribution in [0.5, 0.6) is 0 Å². The van der Waals surface area contributed by atoms with Gasteiger partial charge < -0.3 is 16.0 Å². The smallest absolute Gasteiger partial charge is 0.259 e. The molecule has 1 unspecified atom stereocenters. The Morgan fingerprint density at radius 1 is 1.47 bits per heavy atom. The fourth-order valence-corrected chi connectivity index (χ4v) is 4.49. The van der Waals surface area contributed by atoms with Crippen LogP contribution in [0.1, 0.15) is 35.3 Å². The molecule has 1 saturated heterocycles. The first-order chi connectivity index (χ1) is 15.5. The molecule has 0 spiro atoms. The molecule has 1 fully saturated rings. The molecule has 1 amide bonds. The van der Waals surface area contributed by atoms with E-state index < -0.39 is 6.04 Å².